The lowest BCUT2D eigenvalue weighted by molar-refractivity contribution is -0.138. The number of rotatable bonds is 7. The van der Waals surface area contributed by atoms with Gasteiger partial charge in [-0.25, -0.2) is 4.39 Å². The summed E-state index contributed by atoms with van der Waals surface area (Å²) in [6.45, 7) is -0.226. The molecular weight excluding hydrogens is 541 g/mol. The van der Waals surface area contributed by atoms with Gasteiger partial charge >= 0.3 is 0 Å². The number of primary amides is 1. The van der Waals surface area contributed by atoms with Gasteiger partial charge in [0.2, 0.25) is 11.8 Å². The highest BCUT2D eigenvalue weighted by atomic mass is 19.1. The summed E-state index contributed by atoms with van der Waals surface area (Å²) in [6, 6.07) is 6.34. The Morgan fingerprint density at radius 2 is 1.88 bits per heavy atom. The van der Waals surface area contributed by atoms with E-state index in [0.717, 1.165) is 43.2 Å². The minimum atomic E-state index is -1.36. The molecule has 0 unspecified atom stereocenters. The standard InChI is InChI=1S/C30H32FN7O4/c31-20-11-26(30(42)35-27-12-22(39)15-37(27)21-4-2-1-3-5-21)38(14-20)28(40)17-36-16-24(29(32)41)23-10-18(6-7-25(23)36)19-8-9-33-34-13-19/h6-10,12-13,16,20-21,26H,1-5,11,14-15,17H2,(H2,32,41)(H,35,42)/t20-,26+/m1/s1. The van der Waals surface area contributed by atoms with E-state index in [1.165, 1.54) is 17.2 Å². The van der Waals surface area contributed by atoms with Gasteiger partial charge in [0.25, 0.3) is 5.91 Å². The van der Waals surface area contributed by atoms with E-state index in [9.17, 15) is 23.6 Å². The molecule has 2 fully saturated rings. The average molecular weight is 574 g/mol. The molecule has 3 aliphatic rings. The Morgan fingerprint density at radius 3 is 2.62 bits per heavy atom. The molecule has 2 atom stereocenters. The summed E-state index contributed by atoms with van der Waals surface area (Å²) in [5.74, 6) is -1.30. The van der Waals surface area contributed by atoms with Gasteiger partial charge in [-0.05, 0) is 36.6 Å². The van der Waals surface area contributed by atoms with Gasteiger partial charge in [0.05, 0.1) is 31.0 Å². The van der Waals surface area contributed by atoms with Crippen molar-refractivity contribution in [2.24, 2.45) is 5.73 Å². The Labute approximate surface area is 241 Å². The van der Waals surface area contributed by atoms with Crippen molar-refractivity contribution in [3.8, 4) is 11.1 Å². The van der Waals surface area contributed by atoms with Crippen LogP contribution in [0.5, 0.6) is 0 Å². The third-order valence-electron chi connectivity index (χ3n) is 8.44. The molecule has 12 heteroatoms. The van der Waals surface area contributed by atoms with Gasteiger partial charge < -0.3 is 25.4 Å². The van der Waals surface area contributed by atoms with Crippen molar-refractivity contribution in [3.63, 3.8) is 0 Å². The van der Waals surface area contributed by atoms with Crippen LogP contribution < -0.4 is 11.1 Å². The van der Waals surface area contributed by atoms with Gasteiger partial charge in [-0.1, -0.05) is 25.3 Å². The third kappa shape index (κ3) is 5.36. The quantitative estimate of drug-likeness (QED) is 0.442. The molecule has 1 saturated carbocycles. The number of ketones is 1. The van der Waals surface area contributed by atoms with Crippen molar-refractivity contribution in [3.05, 3.63) is 60.3 Å². The van der Waals surface area contributed by atoms with Crippen molar-refractivity contribution in [2.75, 3.05) is 13.1 Å². The third-order valence-corrected chi connectivity index (χ3v) is 8.44. The number of nitrogens with zero attached hydrogens (tertiary/aromatic N) is 5. The summed E-state index contributed by atoms with van der Waals surface area (Å²) in [7, 11) is 0. The number of likely N-dealkylation sites (tertiary alicyclic amines) is 1. The summed E-state index contributed by atoms with van der Waals surface area (Å²) in [5.41, 5.74) is 8.09. The van der Waals surface area contributed by atoms with Crippen molar-refractivity contribution >= 4 is 34.4 Å². The highest BCUT2D eigenvalue weighted by Crippen LogP contribution is 2.30. The van der Waals surface area contributed by atoms with Gasteiger partial charge in [0.15, 0.2) is 5.78 Å². The van der Waals surface area contributed by atoms with Crippen LogP contribution in [0.15, 0.2) is 54.8 Å². The number of benzene rings is 1. The van der Waals surface area contributed by atoms with Gasteiger partial charge in [0, 0.05) is 41.2 Å². The Bertz CT molecular complexity index is 1580. The molecule has 3 aromatic rings. The van der Waals surface area contributed by atoms with E-state index < -0.39 is 29.9 Å². The van der Waals surface area contributed by atoms with E-state index in [1.807, 2.05) is 11.0 Å². The fraction of sp³-hybridized carbons (Fsp3) is 0.400. The maximum Gasteiger partial charge on any atom is 0.250 e. The molecular formula is C30H32FN7O4. The lowest BCUT2D eigenvalue weighted by Gasteiger charge is -2.34. The number of nitrogens with two attached hydrogens (primary N) is 1. The minimum Gasteiger partial charge on any atom is -0.366 e. The number of hydrogen-bond donors (Lipinski definition) is 2. The molecule has 1 aromatic carbocycles. The number of amides is 3. The van der Waals surface area contributed by atoms with Gasteiger partial charge in [0.1, 0.15) is 24.6 Å². The molecule has 6 rings (SSSR count). The maximum atomic E-state index is 14.7. The molecule has 0 spiro atoms. The maximum absolute atomic E-state index is 14.7. The topological polar surface area (TPSA) is 144 Å². The van der Waals surface area contributed by atoms with Gasteiger partial charge in [-0.2, -0.15) is 10.2 Å². The molecule has 0 bridgehead atoms. The fourth-order valence-electron chi connectivity index (χ4n) is 6.38. The largest absolute Gasteiger partial charge is 0.366 e. The van der Waals surface area contributed by atoms with E-state index in [-0.39, 0.29) is 43.4 Å². The normalized spacial score (nSPS) is 21.2. The molecule has 3 N–H and O–H groups in total. The lowest BCUT2D eigenvalue weighted by Crippen LogP contribution is -2.49. The Hall–Kier alpha value is -4.61. The number of carbonyl (C=O) groups excluding carboxylic acids is 4. The van der Waals surface area contributed by atoms with Crippen LogP contribution in [0.3, 0.4) is 0 Å². The second-order valence-corrected chi connectivity index (χ2v) is 11.2. The number of halogens is 1. The molecule has 2 aromatic heterocycles. The monoisotopic (exact) mass is 573 g/mol. The molecule has 218 valence electrons. The van der Waals surface area contributed by atoms with Crippen molar-refractivity contribution in [2.45, 2.75) is 63.3 Å². The first-order chi connectivity index (χ1) is 20.3. The Kier molecular flexibility index (Phi) is 7.44. The summed E-state index contributed by atoms with van der Waals surface area (Å²) in [4.78, 5) is 54.7. The summed E-state index contributed by atoms with van der Waals surface area (Å²) in [6.07, 6.45) is 9.78. The van der Waals surface area contributed by atoms with Crippen LogP contribution in [-0.4, -0.2) is 79.4 Å². The first kappa shape index (κ1) is 27.6. The van der Waals surface area contributed by atoms with E-state index in [1.54, 1.807) is 35.2 Å². The lowest BCUT2D eigenvalue weighted by atomic mass is 9.94. The van der Waals surface area contributed by atoms with Crippen molar-refractivity contribution in [1.29, 1.82) is 0 Å². The van der Waals surface area contributed by atoms with Gasteiger partial charge in [-0.3, -0.25) is 19.2 Å². The first-order valence-corrected chi connectivity index (χ1v) is 14.2. The molecule has 42 heavy (non-hydrogen) atoms. The molecule has 0 radical (unpaired) electrons. The molecule has 11 nitrogen and oxygen atoms in total. The average Bonchev–Trinajstić information content (AvgIpc) is 3.68. The Balaban J connectivity index is 1.21. The van der Waals surface area contributed by atoms with E-state index in [4.69, 9.17) is 5.73 Å². The Morgan fingerprint density at radius 1 is 1.07 bits per heavy atom. The number of alkyl halides is 1. The van der Waals surface area contributed by atoms with Crippen LogP contribution in [-0.2, 0) is 20.9 Å². The second-order valence-electron chi connectivity index (χ2n) is 11.2. The van der Waals surface area contributed by atoms with Crippen LogP contribution in [0.25, 0.3) is 22.0 Å². The van der Waals surface area contributed by atoms with Gasteiger partial charge in [-0.15, -0.1) is 0 Å². The molecule has 1 saturated heterocycles. The highest BCUT2D eigenvalue weighted by Gasteiger charge is 2.41. The number of carbonyl (C=O) groups is 4. The fourth-order valence-corrected chi connectivity index (χ4v) is 6.38. The first-order valence-electron chi connectivity index (χ1n) is 14.2. The predicted octanol–water partition coefficient (Wildman–Crippen LogP) is 2.31. The molecule has 2 aliphatic heterocycles. The number of hydrogen-bond acceptors (Lipinski definition) is 7. The van der Waals surface area contributed by atoms with Crippen LogP contribution >= 0.6 is 0 Å². The number of aromatic nitrogens is 3. The molecule has 3 amide bonds. The number of fused-ring (bicyclic) bond motifs is 1. The molecule has 1 aliphatic carbocycles. The second kappa shape index (κ2) is 11.3. The smallest absolute Gasteiger partial charge is 0.250 e. The SMILES string of the molecule is NC(=O)c1cn(CC(=O)N2C[C@H](F)C[C@H]2C(=O)NC2=CC(=O)CN2C2CCCCC2)c2ccc(-c3ccnnc3)cc12. The number of nitrogens with one attached hydrogen (secondary N) is 1. The highest BCUT2D eigenvalue weighted by molar-refractivity contribution is 6.07. The minimum absolute atomic E-state index is 0.0910. The van der Waals surface area contributed by atoms with E-state index >= 15 is 0 Å². The zero-order valence-electron chi connectivity index (χ0n) is 23.0. The van der Waals surface area contributed by atoms with Crippen molar-refractivity contribution in [1.82, 2.24) is 29.9 Å². The van der Waals surface area contributed by atoms with Crippen LogP contribution in [0, 0.1) is 0 Å². The molecule has 4 heterocycles. The zero-order valence-corrected chi connectivity index (χ0v) is 23.0. The van der Waals surface area contributed by atoms with Crippen LogP contribution in [0.1, 0.15) is 48.9 Å². The summed E-state index contributed by atoms with van der Waals surface area (Å²) < 4.78 is 16.3. The summed E-state index contributed by atoms with van der Waals surface area (Å²) in [5, 5.41) is 11.1. The van der Waals surface area contributed by atoms with E-state index in [0.29, 0.717) is 16.7 Å². The van der Waals surface area contributed by atoms with Crippen LogP contribution in [0.2, 0.25) is 0 Å². The summed E-state index contributed by atoms with van der Waals surface area (Å²) >= 11 is 0. The predicted molar refractivity (Wildman–Crippen MR) is 151 cm³/mol. The van der Waals surface area contributed by atoms with Crippen molar-refractivity contribution < 1.29 is 23.6 Å². The zero-order chi connectivity index (χ0) is 29.4. The van der Waals surface area contributed by atoms with E-state index in [2.05, 4.69) is 15.5 Å². The van der Waals surface area contributed by atoms with Crippen LogP contribution in [0.4, 0.5) is 4.39 Å².